The standard InChI is InChI=1S/C9H19NO2/c1-9(4-5-9)7-10-6-8(11-2)12-3/h8,10H,4-7H2,1-3H3. The average molecular weight is 173 g/mol. The zero-order chi connectivity index (χ0) is 9.03. The Kier molecular flexibility index (Phi) is 3.50. The molecule has 1 aliphatic carbocycles. The molecule has 0 aliphatic heterocycles. The van der Waals surface area contributed by atoms with Gasteiger partial charge in [-0.15, -0.1) is 0 Å². The lowest BCUT2D eigenvalue weighted by atomic mass is 10.1. The molecule has 1 rings (SSSR count). The molecule has 72 valence electrons. The Balaban J connectivity index is 2.00. The third-order valence-electron chi connectivity index (χ3n) is 2.49. The largest absolute Gasteiger partial charge is 0.355 e. The zero-order valence-electron chi connectivity index (χ0n) is 8.22. The second kappa shape index (κ2) is 4.21. The van der Waals surface area contributed by atoms with Crippen molar-refractivity contribution in [3.63, 3.8) is 0 Å². The molecule has 3 nitrogen and oxygen atoms in total. The number of methoxy groups -OCH3 is 2. The second-order valence-corrected chi connectivity index (χ2v) is 3.84. The summed E-state index contributed by atoms with van der Waals surface area (Å²) in [5.41, 5.74) is 0.562. The maximum Gasteiger partial charge on any atom is 0.169 e. The van der Waals surface area contributed by atoms with Gasteiger partial charge in [-0.1, -0.05) is 6.92 Å². The summed E-state index contributed by atoms with van der Waals surface area (Å²) >= 11 is 0. The quantitative estimate of drug-likeness (QED) is 0.608. The van der Waals surface area contributed by atoms with Crippen molar-refractivity contribution >= 4 is 0 Å². The van der Waals surface area contributed by atoms with Gasteiger partial charge >= 0.3 is 0 Å². The summed E-state index contributed by atoms with van der Waals surface area (Å²) < 4.78 is 10.1. The first-order valence-corrected chi connectivity index (χ1v) is 4.46. The highest BCUT2D eigenvalue weighted by Gasteiger charge is 2.36. The van der Waals surface area contributed by atoms with Crippen LogP contribution in [0.15, 0.2) is 0 Å². The minimum Gasteiger partial charge on any atom is -0.355 e. The fourth-order valence-corrected chi connectivity index (χ4v) is 1.14. The number of hydrogen-bond acceptors (Lipinski definition) is 3. The smallest absolute Gasteiger partial charge is 0.169 e. The predicted octanol–water partition coefficient (Wildman–Crippen LogP) is 0.995. The molecule has 3 heteroatoms. The SMILES string of the molecule is COC(CNCC1(C)CC1)OC. The van der Waals surface area contributed by atoms with Gasteiger partial charge in [-0.05, 0) is 18.3 Å². The Morgan fingerprint density at radius 1 is 1.33 bits per heavy atom. The Morgan fingerprint density at radius 3 is 2.33 bits per heavy atom. The molecular formula is C9H19NO2. The van der Waals surface area contributed by atoms with E-state index in [1.54, 1.807) is 14.2 Å². The van der Waals surface area contributed by atoms with E-state index in [0.29, 0.717) is 5.41 Å². The minimum atomic E-state index is -0.104. The fraction of sp³-hybridized carbons (Fsp3) is 1.00. The van der Waals surface area contributed by atoms with E-state index in [2.05, 4.69) is 12.2 Å². The van der Waals surface area contributed by atoms with E-state index in [0.717, 1.165) is 13.1 Å². The van der Waals surface area contributed by atoms with E-state index in [9.17, 15) is 0 Å². The molecule has 0 aromatic rings. The number of hydrogen-bond donors (Lipinski definition) is 1. The van der Waals surface area contributed by atoms with Gasteiger partial charge < -0.3 is 14.8 Å². The molecule has 0 saturated heterocycles. The molecule has 1 fully saturated rings. The van der Waals surface area contributed by atoms with Gasteiger partial charge in [-0.3, -0.25) is 0 Å². The van der Waals surface area contributed by atoms with Crippen molar-refractivity contribution in [1.29, 1.82) is 0 Å². The maximum absolute atomic E-state index is 5.05. The first-order chi connectivity index (χ1) is 5.70. The van der Waals surface area contributed by atoms with Crippen LogP contribution in [-0.4, -0.2) is 33.6 Å². The Hall–Kier alpha value is -0.120. The van der Waals surface area contributed by atoms with Crippen molar-refractivity contribution in [2.24, 2.45) is 5.41 Å². The van der Waals surface area contributed by atoms with Gasteiger partial charge in [0.15, 0.2) is 6.29 Å². The highest BCUT2D eigenvalue weighted by molar-refractivity contribution is 4.90. The Labute approximate surface area is 74.4 Å². The Bertz CT molecular complexity index is 130. The lowest BCUT2D eigenvalue weighted by molar-refractivity contribution is -0.0990. The van der Waals surface area contributed by atoms with Crippen molar-refractivity contribution in [2.75, 3.05) is 27.3 Å². The zero-order valence-corrected chi connectivity index (χ0v) is 8.22. The molecule has 0 spiro atoms. The van der Waals surface area contributed by atoms with Crippen molar-refractivity contribution in [2.45, 2.75) is 26.1 Å². The lowest BCUT2D eigenvalue weighted by Crippen LogP contribution is -2.32. The number of nitrogens with one attached hydrogen (secondary N) is 1. The second-order valence-electron chi connectivity index (χ2n) is 3.84. The molecule has 0 unspecified atom stereocenters. The minimum absolute atomic E-state index is 0.104. The first-order valence-electron chi connectivity index (χ1n) is 4.46. The summed E-state index contributed by atoms with van der Waals surface area (Å²) in [6.07, 6.45) is 2.60. The van der Waals surface area contributed by atoms with Crippen molar-refractivity contribution < 1.29 is 9.47 Å². The van der Waals surface area contributed by atoms with E-state index < -0.39 is 0 Å². The van der Waals surface area contributed by atoms with E-state index in [-0.39, 0.29) is 6.29 Å². The van der Waals surface area contributed by atoms with Gasteiger partial charge in [0.2, 0.25) is 0 Å². The van der Waals surface area contributed by atoms with Gasteiger partial charge in [0.05, 0.1) is 0 Å². The third kappa shape index (κ3) is 3.09. The van der Waals surface area contributed by atoms with Crippen LogP contribution in [0.1, 0.15) is 19.8 Å². The fourth-order valence-electron chi connectivity index (χ4n) is 1.14. The molecule has 0 amide bonds. The molecule has 0 radical (unpaired) electrons. The number of rotatable bonds is 6. The molecule has 1 aliphatic rings. The van der Waals surface area contributed by atoms with Gasteiger partial charge in [-0.2, -0.15) is 0 Å². The van der Waals surface area contributed by atoms with Crippen molar-refractivity contribution in [3.8, 4) is 0 Å². The molecule has 12 heavy (non-hydrogen) atoms. The van der Waals surface area contributed by atoms with Crippen molar-refractivity contribution in [3.05, 3.63) is 0 Å². The monoisotopic (exact) mass is 173 g/mol. The van der Waals surface area contributed by atoms with Gasteiger partial charge in [-0.25, -0.2) is 0 Å². The van der Waals surface area contributed by atoms with E-state index >= 15 is 0 Å². The number of ether oxygens (including phenoxy) is 2. The molecule has 1 saturated carbocycles. The topological polar surface area (TPSA) is 30.5 Å². The van der Waals surface area contributed by atoms with Gasteiger partial charge in [0, 0.05) is 27.3 Å². The summed E-state index contributed by atoms with van der Waals surface area (Å²) in [5.74, 6) is 0. The van der Waals surface area contributed by atoms with Crippen LogP contribution in [0, 0.1) is 5.41 Å². The lowest BCUT2D eigenvalue weighted by Gasteiger charge is -2.15. The molecule has 1 N–H and O–H groups in total. The summed E-state index contributed by atoms with van der Waals surface area (Å²) in [4.78, 5) is 0. The van der Waals surface area contributed by atoms with E-state index in [1.807, 2.05) is 0 Å². The maximum atomic E-state index is 5.05. The van der Waals surface area contributed by atoms with Crippen LogP contribution >= 0.6 is 0 Å². The molecule has 0 heterocycles. The van der Waals surface area contributed by atoms with Crippen LogP contribution in [0.2, 0.25) is 0 Å². The van der Waals surface area contributed by atoms with Crippen LogP contribution in [0.4, 0.5) is 0 Å². The molecule has 0 atom stereocenters. The summed E-state index contributed by atoms with van der Waals surface area (Å²) in [6, 6.07) is 0. The van der Waals surface area contributed by atoms with E-state index in [1.165, 1.54) is 12.8 Å². The average Bonchev–Trinajstić information content (AvgIpc) is 2.78. The molecular weight excluding hydrogens is 154 g/mol. The normalized spacial score (nSPS) is 20.0. The van der Waals surface area contributed by atoms with Gasteiger partial charge in [0.1, 0.15) is 0 Å². The summed E-state index contributed by atoms with van der Waals surface area (Å²) in [5, 5.41) is 3.34. The van der Waals surface area contributed by atoms with E-state index in [4.69, 9.17) is 9.47 Å². The molecule has 0 aromatic heterocycles. The predicted molar refractivity (Wildman–Crippen MR) is 48.0 cm³/mol. The summed E-state index contributed by atoms with van der Waals surface area (Å²) in [6.45, 7) is 4.16. The highest BCUT2D eigenvalue weighted by atomic mass is 16.7. The molecule has 0 bridgehead atoms. The first kappa shape index (κ1) is 9.96. The van der Waals surface area contributed by atoms with Crippen LogP contribution in [-0.2, 0) is 9.47 Å². The van der Waals surface area contributed by atoms with Crippen LogP contribution in [0.3, 0.4) is 0 Å². The van der Waals surface area contributed by atoms with Crippen molar-refractivity contribution in [1.82, 2.24) is 5.32 Å². The molecule has 0 aromatic carbocycles. The third-order valence-corrected chi connectivity index (χ3v) is 2.49. The van der Waals surface area contributed by atoms with Crippen LogP contribution in [0.5, 0.6) is 0 Å². The van der Waals surface area contributed by atoms with Crippen LogP contribution in [0.25, 0.3) is 0 Å². The summed E-state index contributed by atoms with van der Waals surface area (Å²) in [7, 11) is 3.32. The highest BCUT2D eigenvalue weighted by Crippen LogP contribution is 2.43. The Morgan fingerprint density at radius 2 is 1.92 bits per heavy atom. The van der Waals surface area contributed by atoms with Gasteiger partial charge in [0.25, 0.3) is 0 Å². The van der Waals surface area contributed by atoms with Crippen LogP contribution < -0.4 is 5.32 Å².